The summed E-state index contributed by atoms with van der Waals surface area (Å²) in [5.41, 5.74) is 0.758. The van der Waals surface area contributed by atoms with Crippen molar-refractivity contribution in [3.63, 3.8) is 0 Å². The second-order valence-electron chi connectivity index (χ2n) is 3.61. The SMILES string of the molecule is COC(=O)c1sccc1NC(=O)c1nn(C)cc1I. The highest BCUT2D eigenvalue weighted by atomic mass is 127. The first kappa shape index (κ1) is 14.0. The monoisotopic (exact) mass is 391 g/mol. The number of aromatic nitrogens is 2. The maximum absolute atomic E-state index is 12.1. The van der Waals surface area contributed by atoms with Gasteiger partial charge in [-0.2, -0.15) is 5.10 Å². The van der Waals surface area contributed by atoms with Crippen LogP contribution in [0.25, 0.3) is 0 Å². The lowest BCUT2D eigenvalue weighted by molar-refractivity contribution is 0.0607. The van der Waals surface area contributed by atoms with Gasteiger partial charge in [0.25, 0.3) is 5.91 Å². The third kappa shape index (κ3) is 2.95. The number of aryl methyl sites for hydroxylation is 1. The van der Waals surface area contributed by atoms with Crippen molar-refractivity contribution in [3.05, 3.63) is 31.8 Å². The first-order chi connectivity index (χ1) is 9.02. The van der Waals surface area contributed by atoms with Crippen LogP contribution >= 0.6 is 33.9 Å². The molecule has 2 aromatic heterocycles. The van der Waals surface area contributed by atoms with Crippen LogP contribution in [-0.2, 0) is 11.8 Å². The average Bonchev–Trinajstić information content (AvgIpc) is 2.95. The Labute approximate surface area is 126 Å². The van der Waals surface area contributed by atoms with Crippen LogP contribution in [0.5, 0.6) is 0 Å². The van der Waals surface area contributed by atoms with Crippen LogP contribution in [0, 0.1) is 3.57 Å². The van der Waals surface area contributed by atoms with Crippen LogP contribution in [0.1, 0.15) is 20.2 Å². The van der Waals surface area contributed by atoms with E-state index in [0.717, 1.165) is 3.57 Å². The summed E-state index contributed by atoms with van der Waals surface area (Å²) in [4.78, 5) is 23.9. The van der Waals surface area contributed by atoms with Crippen molar-refractivity contribution in [2.24, 2.45) is 7.05 Å². The van der Waals surface area contributed by atoms with Crippen molar-refractivity contribution in [2.45, 2.75) is 0 Å². The van der Waals surface area contributed by atoms with Crippen molar-refractivity contribution in [1.82, 2.24) is 9.78 Å². The van der Waals surface area contributed by atoms with Crippen molar-refractivity contribution in [1.29, 1.82) is 0 Å². The zero-order chi connectivity index (χ0) is 14.0. The molecule has 0 bridgehead atoms. The molecule has 1 N–H and O–H groups in total. The molecule has 0 unspecified atom stereocenters. The predicted molar refractivity (Wildman–Crippen MR) is 79.5 cm³/mol. The van der Waals surface area contributed by atoms with E-state index in [9.17, 15) is 9.59 Å². The molecule has 100 valence electrons. The number of nitrogens with zero attached hydrogens (tertiary/aromatic N) is 2. The quantitative estimate of drug-likeness (QED) is 0.643. The lowest BCUT2D eigenvalue weighted by Gasteiger charge is -2.03. The minimum absolute atomic E-state index is 0.324. The second-order valence-corrected chi connectivity index (χ2v) is 5.69. The number of carbonyl (C=O) groups is 2. The van der Waals surface area contributed by atoms with E-state index in [-0.39, 0.29) is 5.91 Å². The highest BCUT2D eigenvalue weighted by Gasteiger charge is 2.19. The summed E-state index contributed by atoms with van der Waals surface area (Å²) >= 11 is 3.25. The average molecular weight is 391 g/mol. The van der Waals surface area contributed by atoms with Crippen LogP contribution in [0.3, 0.4) is 0 Å². The molecular weight excluding hydrogens is 381 g/mol. The zero-order valence-corrected chi connectivity index (χ0v) is 13.1. The highest BCUT2D eigenvalue weighted by Crippen LogP contribution is 2.24. The van der Waals surface area contributed by atoms with Crippen LogP contribution in [0.2, 0.25) is 0 Å². The Hall–Kier alpha value is -1.42. The first-order valence-corrected chi connectivity index (χ1v) is 7.15. The number of hydrogen-bond acceptors (Lipinski definition) is 5. The number of methoxy groups -OCH3 is 1. The summed E-state index contributed by atoms with van der Waals surface area (Å²) in [5.74, 6) is -0.824. The van der Waals surface area contributed by atoms with Gasteiger partial charge in [0.05, 0.1) is 16.4 Å². The van der Waals surface area contributed by atoms with Gasteiger partial charge in [0.1, 0.15) is 4.88 Å². The number of carbonyl (C=O) groups excluding carboxylic acids is 2. The molecule has 8 heteroatoms. The Morgan fingerprint density at radius 2 is 2.26 bits per heavy atom. The van der Waals surface area contributed by atoms with Crippen LogP contribution in [0.4, 0.5) is 5.69 Å². The number of rotatable bonds is 3. The number of thiophene rings is 1. The number of nitrogens with one attached hydrogen (secondary N) is 1. The third-order valence-corrected chi connectivity index (χ3v) is 3.97. The summed E-state index contributed by atoms with van der Waals surface area (Å²) in [6.45, 7) is 0. The minimum Gasteiger partial charge on any atom is -0.465 e. The molecule has 0 radical (unpaired) electrons. The van der Waals surface area contributed by atoms with Crippen LogP contribution < -0.4 is 5.32 Å². The van der Waals surface area contributed by atoms with Crippen LogP contribution in [0.15, 0.2) is 17.6 Å². The van der Waals surface area contributed by atoms with Gasteiger partial charge in [0, 0.05) is 13.2 Å². The topological polar surface area (TPSA) is 73.2 Å². The number of esters is 1. The molecule has 0 spiro atoms. The van der Waals surface area contributed by atoms with Gasteiger partial charge < -0.3 is 10.1 Å². The molecule has 0 aromatic carbocycles. The predicted octanol–water partition coefficient (Wildman–Crippen LogP) is 2.13. The third-order valence-electron chi connectivity index (χ3n) is 2.28. The summed E-state index contributed by atoms with van der Waals surface area (Å²) in [5, 5.41) is 8.45. The summed E-state index contributed by atoms with van der Waals surface area (Å²) in [6.07, 6.45) is 1.74. The largest absolute Gasteiger partial charge is 0.465 e. The molecule has 0 aliphatic rings. The van der Waals surface area contributed by atoms with Gasteiger partial charge in [-0.25, -0.2) is 4.79 Å². The Morgan fingerprint density at radius 1 is 1.53 bits per heavy atom. The van der Waals surface area contributed by atoms with E-state index < -0.39 is 5.97 Å². The number of amides is 1. The van der Waals surface area contributed by atoms with E-state index in [2.05, 4.69) is 15.2 Å². The zero-order valence-electron chi connectivity index (χ0n) is 10.1. The maximum atomic E-state index is 12.1. The lowest BCUT2D eigenvalue weighted by Crippen LogP contribution is -2.15. The Balaban J connectivity index is 2.22. The molecule has 0 aliphatic heterocycles. The number of halogens is 1. The van der Waals surface area contributed by atoms with Gasteiger partial charge in [0.15, 0.2) is 5.69 Å². The smallest absolute Gasteiger partial charge is 0.350 e. The Kier molecular flexibility index (Phi) is 4.20. The maximum Gasteiger partial charge on any atom is 0.350 e. The molecule has 0 atom stereocenters. The van der Waals surface area contributed by atoms with Crippen molar-refractivity contribution >= 4 is 51.5 Å². The van der Waals surface area contributed by atoms with Crippen molar-refractivity contribution in [3.8, 4) is 0 Å². The Morgan fingerprint density at radius 3 is 2.84 bits per heavy atom. The molecule has 0 saturated carbocycles. The fourth-order valence-corrected chi connectivity index (χ4v) is 2.98. The van der Waals surface area contributed by atoms with Gasteiger partial charge >= 0.3 is 5.97 Å². The van der Waals surface area contributed by atoms with Gasteiger partial charge in [-0.1, -0.05) is 0 Å². The molecular formula is C11H10IN3O3S. The highest BCUT2D eigenvalue weighted by molar-refractivity contribution is 14.1. The molecule has 19 heavy (non-hydrogen) atoms. The molecule has 2 rings (SSSR count). The number of hydrogen-bond donors (Lipinski definition) is 1. The molecule has 2 heterocycles. The van der Waals surface area contributed by atoms with Crippen molar-refractivity contribution in [2.75, 3.05) is 12.4 Å². The summed E-state index contributed by atoms with van der Waals surface area (Å²) in [7, 11) is 3.04. The minimum atomic E-state index is -0.471. The number of ether oxygens (including phenoxy) is 1. The Bertz CT molecular complexity index is 635. The van der Waals surface area contributed by atoms with E-state index in [4.69, 9.17) is 0 Å². The van der Waals surface area contributed by atoms with Gasteiger partial charge in [0.2, 0.25) is 0 Å². The molecule has 2 aromatic rings. The van der Waals surface area contributed by atoms with E-state index in [1.807, 2.05) is 22.6 Å². The first-order valence-electron chi connectivity index (χ1n) is 5.19. The van der Waals surface area contributed by atoms with E-state index >= 15 is 0 Å². The summed E-state index contributed by atoms with van der Waals surface area (Å²) < 4.78 is 6.95. The van der Waals surface area contributed by atoms with Gasteiger partial charge in [-0.3, -0.25) is 9.48 Å². The number of anilines is 1. The lowest BCUT2D eigenvalue weighted by atomic mass is 10.3. The van der Waals surface area contributed by atoms with Crippen LogP contribution in [-0.4, -0.2) is 28.8 Å². The van der Waals surface area contributed by atoms with Crippen molar-refractivity contribution < 1.29 is 14.3 Å². The standard InChI is InChI=1S/C11H10IN3O3S/c1-15-5-6(12)8(14-15)10(16)13-7-3-4-19-9(7)11(17)18-2/h3-5H,1-2H3,(H,13,16). The van der Waals surface area contributed by atoms with E-state index in [1.165, 1.54) is 18.4 Å². The normalized spacial score (nSPS) is 10.3. The van der Waals surface area contributed by atoms with E-state index in [1.54, 1.807) is 29.4 Å². The molecule has 6 nitrogen and oxygen atoms in total. The molecule has 0 saturated heterocycles. The van der Waals surface area contributed by atoms with Gasteiger partial charge in [-0.05, 0) is 34.0 Å². The van der Waals surface area contributed by atoms with E-state index in [0.29, 0.717) is 16.3 Å². The summed E-state index contributed by atoms with van der Waals surface area (Å²) in [6, 6.07) is 1.66. The van der Waals surface area contributed by atoms with Gasteiger partial charge in [-0.15, -0.1) is 11.3 Å². The molecule has 0 aliphatic carbocycles. The fourth-order valence-electron chi connectivity index (χ4n) is 1.45. The molecule has 0 fully saturated rings. The molecule has 1 amide bonds. The fraction of sp³-hybridized carbons (Fsp3) is 0.182. The second kappa shape index (κ2) is 5.70.